The van der Waals surface area contributed by atoms with Gasteiger partial charge in [0, 0.05) is 48.4 Å². The molecule has 2 aliphatic rings. The van der Waals surface area contributed by atoms with Crippen LogP contribution in [0.5, 0.6) is 5.75 Å². The number of thiophene rings is 1. The molecule has 2 aromatic heterocycles. The van der Waals surface area contributed by atoms with E-state index in [2.05, 4.69) is 17.3 Å². The van der Waals surface area contributed by atoms with Crippen molar-refractivity contribution in [2.45, 2.75) is 37.4 Å². The van der Waals surface area contributed by atoms with E-state index in [0.29, 0.717) is 42.6 Å². The number of hydrogen-bond donors (Lipinski definition) is 1. The largest absolute Gasteiger partial charge is 0.486 e. The summed E-state index contributed by atoms with van der Waals surface area (Å²) in [5.41, 5.74) is 0.749. The van der Waals surface area contributed by atoms with Crippen LogP contribution in [0, 0.1) is 5.41 Å². The summed E-state index contributed by atoms with van der Waals surface area (Å²) in [6, 6.07) is 10.2. The summed E-state index contributed by atoms with van der Waals surface area (Å²) < 4.78 is 35.7. The lowest BCUT2D eigenvalue weighted by molar-refractivity contribution is -0.119. The van der Waals surface area contributed by atoms with E-state index in [9.17, 15) is 18.0 Å². The monoisotopic (exact) mass is 591 g/mol. The molecule has 0 radical (unpaired) electrons. The van der Waals surface area contributed by atoms with Crippen LogP contribution in [0.15, 0.2) is 51.6 Å². The fraction of sp³-hybridized carbons (Fsp3) is 0.423. The van der Waals surface area contributed by atoms with Crippen molar-refractivity contribution in [3.63, 3.8) is 0 Å². The van der Waals surface area contributed by atoms with E-state index in [-0.39, 0.29) is 39.9 Å². The molecule has 1 aliphatic carbocycles. The molecule has 1 N–H and O–H groups in total. The summed E-state index contributed by atoms with van der Waals surface area (Å²) in [6.07, 6.45) is 3.69. The molecule has 1 aliphatic heterocycles. The van der Waals surface area contributed by atoms with Crippen LogP contribution in [0.3, 0.4) is 0 Å². The van der Waals surface area contributed by atoms with Crippen molar-refractivity contribution in [1.29, 1.82) is 0 Å². The molecule has 0 unspecified atom stereocenters. The Kier molecular flexibility index (Phi) is 7.73. The number of aromatic nitrogens is 2. The van der Waals surface area contributed by atoms with Gasteiger partial charge in [-0.2, -0.15) is 14.1 Å². The third kappa shape index (κ3) is 6.13. The molecule has 39 heavy (non-hydrogen) atoms. The van der Waals surface area contributed by atoms with Gasteiger partial charge in [-0.05, 0) is 43.2 Å². The second-order valence-corrected chi connectivity index (χ2v) is 13.9. The van der Waals surface area contributed by atoms with Gasteiger partial charge in [0.25, 0.3) is 10.0 Å². The fourth-order valence-corrected chi connectivity index (χ4v) is 7.34. The smallest absolute Gasteiger partial charge is 0.316 e. The predicted molar refractivity (Wildman–Crippen MR) is 150 cm³/mol. The molecule has 1 amide bonds. The molecule has 3 heterocycles. The quantitative estimate of drug-likeness (QED) is 0.406. The second-order valence-electron chi connectivity index (χ2n) is 10.2. The van der Waals surface area contributed by atoms with Gasteiger partial charge in [-0.1, -0.05) is 24.6 Å². The van der Waals surface area contributed by atoms with E-state index in [4.69, 9.17) is 16.3 Å². The topological polar surface area (TPSA) is 114 Å². The van der Waals surface area contributed by atoms with Crippen molar-refractivity contribution < 1.29 is 17.9 Å². The summed E-state index contributed by atoms with van der Waals surface area (Å²) in [5.74, 6) is 0.0310. The number of rotatable bonds is 9. The molecule has 1 aromatic carbocycles. The Morgan fingerprint density at radius 1 is 1.18 bits per heavy atom. The average molecular weight is 592 g/mol. The van der Waals surface area contributed by atoms with E-state index in [0.717, 1.165) is 29.1 Å². The number of ether oxygens (including phenoxy) is 1. The zero-order chi connectivity index (χ0) is 27.8. The molecular weight excluding hydrogens is 562 g/mol. The van der Waals surface area contributed by atoms with Gasteiger partial charge in [0.15, 0.2) is 0 Å². The standard InChI is InChI=1S/C26H30ClN5O5S2/c1-18(33)28-15-21-6-7-23(38-21)39(35,36)31-12-10-30(11-13-31)22-16-29-32(20-5-3-4-19(27)14-20)25(34)24(22)37-17-26(2)8-9-26/h3-7,14,16H,8-13,15,17H2,1-2H3,(H,28,33). The zero-order valence-corrected chi connectivity index (χ0v) is 24.1. The maximum atomic E-state index is 13.6. The third-order valence-corrected chi connectivity index (χ3v) is 10.6. The summed E-state index contributed by atoms with van der Waals surface area (Å²) in [6.45, 7) is 5.49. The maximum absolute atomic E-state index is 13.6. The highest BCUT2D eigenvalue weighted by atomic mass is 35.5. The van der Waals surface area contributed by atoms with Crippen LogP contribution in [0.25, 0.3) is 5.69 Å². The van der Waals surface area contributed by atoms with Crippen molar-refractivity contribution in [1.82, 2.24) is 19.4 Å². The Hall–Kier alpha value is -2.93. The molecule has 2 fully saturated rings. The molecule has 0 atom stereocenters. The number of halogens is 1. The van der Waals surface area contributed by atoms with Crippen LogP contribution in [-0.4, -0.2) is 61.2 Å². The molecule has 3 aromatic rings. The number of sulfonamides is 1. The molecule has 1 saturated heterocycles. The van der Waals surface area contributed by atoms with Gasteiger partial charge in [-0.15, -0.1) is 11.3 Å². The third-order valence-electron chi connectivity index (χ3n) is 6.96. The second kappa shape index (κ2) is 10.9. The summed E-state index contributed by atoms with van der Waals surface area (Å²) in [4.78, 5) is 27.5. The van der Waals surface area contributed by atoms with Gasteiger partial charge in [0.2, 0.25) is 11.7 Å². The molecular formula is C26H30ClN5O5S2. The molecule has 13 heteroatoms. The lowest BCUT2D eigenvalue weighted by Crippen LogP contribution is -2.49. The first kappa shape index (κ1) is 27.6. The van der Waals surface area contributed by atoms with E-state index < -0.39 is 10.0 Å². The molecule has 5 rings (SSSR count). The van der Waals surface area contributed by atoms with Crippen molar-refractivity contribution in [2.24, 2.45) is 5.41 Å². The van der Waals surface area contributed by atoms with Gasteiger partial charge in [0.1, 0.15) is 9.90 Å². The van der Waals surface area contributed by atoms with Crippen molar-refractivity contribution in [3.05, 3.63) is 62.8 Å². The van der Waals surface area contributed by atoms with Gasteiger partial charge < -0.3 is 15.0 Å². The molecule has 208 valence electrons. The predicted octanol–water partition coefficient (Wildman–Crippen LogP) is 3.27. The van der Waals surface area contributed by atoms with Crippen molar-refractivity contribution >= 4 is 44.6 Å². The minimum atomic E-state index is -3.68. The highest BCUT2D eigenvalue weighted by molar-refractivity contribution is 7.91. The molecule has 0 spiro atoms. The Bertz CT molecular complexity index is 1540. The summed E-state index contributed by atoms with van der Waals surface area (Å²) in [7, 11) is -3.68. The Labute approximate surface area is 236 Å². The molecule has 0 bridgehead atoms. The van der Waals surface area contributed by atoms with E-state index in [1.807, 2.05) is 4.90 Å². The van der Waals surface area contributed by atoms with Gasteiger partial charge in [-0.3, -0.25) is 9.59 Å². The lowest BCUT2D eigenvalue weighted by Gasteiger charge is -2.35. The number of anilines is 1. The number of hydrogen-bond acceptors (Lipinski definition) is 8. The first-order chi connectivity index (χ1) is 18.6. The van der Waals surface area contributed by atoms with Gasteiger partial charge in [0.05, 0.1) is 25.0 Å². The number of carbonyl (C=O) groups excluding carboxylic acids is 1. The number of amides is 1. The number of nitrogens with zero attached hydrogens (tertiary/aromatic N) is 4. The normalized spacial score (nSPS) is 17.2. The van der Waals surface area contributed by atoms with Crippen LogP contribution < -0.4 is 20.5 Å². The molecule has 1 saturated carbocycles. The minimum Gasteiger partial charge on any atom is -0.486 e. The summed E-state index contributed by atoms with van der Waals surface area (Å²) in [5, 5.41) is 7.57. The van der Waals surface area contributed by atoms with E-state index in [1.54, 1.807) is 42.6 Å². The number of nitrogens with one attached hydrogen (secondary N) is 1. The van der Waals surface area contributed by atoms with Crippen LogP contribution in [0.4, 0.5) is 5.69 Å². The first-order valence-corrected chi connectivity index (χ1v) is 15.3. The Morgan fingerprint density at radius 2 is 1.92 bits per heavy atom. The minimum absolute atomic E-state index is 0.0557. The fourth-order valence-electron chi connectivity index (χ4n) is 4.29. The number of piperazine rings is 1. The maximum Gasteiger partial charge on any atom is 0.316 e. The lowest BCUT2D eigenvalue weighted by atomic mass is 10.2. The Morgan fingerprint density at radius 3 is 2.59 bits per heavy atom. The van der Waals surface area contributed by atoms with Crippen LogP contribution in [0.2, 0.25) is 5.02 Å². The van der Waals surface area contributed by atoms with Crippen LogP contribution in [0.1, 0.15) is 31.6 Å². The van der Waals surface area contributed by atoms with Crippen molar-refractivity contribution in [2.75, 3.05) is 37.7 Å². The number of benzene rings is 1. The van der Waals surface area contributed by atoms with E-state index >= 15 is 0 Å². The number of carbonyl (C=O) groups is 1. The molecule has 10 nitrogen and oxygen atoms in total. The summed E-state index contributed by atoms with van der Waals surface area (Å²) >= 11 is 7.29. The van der Waals surface area contributed by atoms with Crippen molar-refractivity contribution in [3.8, 4) is 11.4 Å². The Balaban J connectivity index is 1.35. The average Bonchev–Trinajstić information content (AvgIpc) is 3.44. The van der Waals surface area contributed by atoms with Gasteiger partial charge in [-0.25, -0.2) is 8.42 Å². The van der Waals surface area contributed by atoms with E-state index in [1.165, 1.54) is 15.9 Å². The SMILES string of the molecule is CC(=O)NCc1ccc(S(=O)(=O)N2CCN(c3cnn(-c4cccc(Cl)c4)c(=O)c3OCC3(C)CC3)CC2)s1. The highest BCUT2D eigenvalue weighted by Crippen LogP contribution is 2.45. The van der Waals surface area contributed by atoms with Crippen LogP contribution in [-0.2, 0) is 21.4 Å². The van der Waals surface area contributed by atoms with Crippen LogP contribution >= 0.6 is 22.9 Å². The van der Waals surface area contributed by atoms with Gasteiger partial charge >= 0.3 is 5.56 Å². The zero-order valence-electron chi connectivity index (χ0n) is 21.7. The highest BCUT2D eigenvalue weighted by Gasteiger charge is 2.39. The first-order valence-electron chi connectivity index (χ1n) is 12.7.